The van der Waals surface area contributed by atoms with Crippen molar-refractivity contribution in [2.75, 3.05) is 36.5 Å². The number of sulfonamides is 1. The SMILES string of the molecule is CCNS(=O)(=O)CCNc1cc(NC)nc(CC)n1. The van der Waals surface area contributed by atoms with Crippen LogP contribution in [0.2, 0.25) is 0 Å². The first-order chi connectivity index (χ1) is 9.00. The summed E-state index contributed by atoms with van der Waals surface area (Å²) in [7, 11) is -1.43. The summed E-state index contributed by atoms with van der Waals surface area (Å²) in [6, 6.07) is 1.75. The molecule has 0 saturated heterocycles. The Bertz CT molecular complexity index is 482. The van der Waals surface area contributed by atoms with E-state index in [9.17, 15) is 8.42 Å². The number of aryl methyl sites for hydroxylation is 1. The summed E-state index contributed by atoms with van der Waals surface area (Å²) in [6.45, 7) is 4.43. The van der Waals surface area contributed by atoms with Crippen molar-refractivity contribution in [1.29, 1.82) is 0 Å². The summed E-state index contributed by atoms with van der Waals surface area (Å²) in [5.41, 5.74) is 0. The molecule has 1 rings (SSSR count). The molecule has 0 aromatic carbocycles. The molecule has 0 amide bonds. The second-order valence-corrected chi connectivity index (χ2v) is 5.83. The molecule has 19 heavy (non-hydrogen) atoms. The third-order valence-electron chi connectivity index (χ3n) is 2.39. The van der Waals surface area contributed by atoms with Crippen molar-refractivity contribution >= 4 is 21.7 Å². The molecule has 0 aliphatic heterocycles. The Kier molecular flexibility index (Phi) is 5.97. The van der Waals surface area contributed by atoms with Crippen LogP contribution in [0.1, 0.15) is 19.7 Å². The summed E-state index contributed by atoms with van der Waals surface area (Å²) in [6.07, 6.45) is 0.722. The number of rotatable bonds is 8. The number of hydrogen-bond acceptors (Lipinski definition) is 6. The summed E-state index contributed by atoms with van der Waals surface area (Å²) < 4.78 is 25.4. The molecule has 0 aliphatic carbocycles. The van der Waals surface area contributed by atoms with E-state index in [0.29, 0.717) is 30.5 Å². The number of aromatic nitrogens is 2. The Morgan fingerprint density at radius 1 is 1.21 bits per heavy atom. The highest BCUT2D eigenvalue weighted by Crippen LogP contribution is 2.10. The minimum Gasteiger partial charge on any atom is -0.373 e. The fourth-order valence-corrected chi connectivity index (χ4v) is 2.43. The molecule has 1 aromatic rings. The van der Waals surface area contributed by atoms with Crippen molar-refractivity contribution in [2.24, 2.45) is 0 Å². The van der Waals surface area contributed by atoms with Crippen molar-refractivity contribution in [3.05, 3.63) is 11.9 Å². The molecule has 0 unspecified atom stereocenters. The Balaban J connectivity index is 2.62. The number of anilines is 2. The van der Waals surface area contributed by atoms with Gasteiger partial charge in [0, 0.05) is 32.6 Å². The van der Waals surface area contributed by atoms with Gasteiger partial charge in [0.25, 0.3) is 0 Å². The molecule has 108 valence electrons. The minimum absolute atomic E-state index is 0.0151. The second kappa shape index (κ2) is 7.25. The van der Waals surface area contributed by atoms with Crippen molar-refractivity contribution in [3.63, 3.8) is 0 Å². The van der Waals surface area contributed by atoms with Crippen LogP contribution >= 0.6 is 0 Å². The molecule has 0 fully saturated rings. The van der Waals surface area contributed by atoms with Crippen molar-refractivity contribution in [2.45, 2.75) is 20.3 Å². The smallest absolute Gasteiger partial charge is 0.213 e. The van der Waals surface area contributed by atoms with Crippen LogP contribution in [0.15, 0.2) is 6.07 Å². The van der Waals surface area contributed by atoms with E-state index in [1.54, 1.807) is 20.0 Å². The van der Waals surface area contributed by atoms with Gasteiger partial charge < -0.3 is 10.6 Å². The molecule has 1 aromatic heterocycles. The largest absolute Gasteiger partial charge is 0.373 e. The van der Waals surface area contributed by atoms with Gasteiger partial charge in [-0.1, -0.05) is 13.8 Å². The highest BCUT2D eigenvalue weighted by Gasteiger charge is 2.08. The van der Waals surface area contributed by atoms with Crippen molar-refractivity contribution in [1.82, 2.24) is 14.7 Å². The Morgan fingerprint density at radius 3 is 2.47 bits per heavy atom. The van der Waals surface area contributed by atoms with E-state index in [2.05, 4.69) is 25.3 Å². The monoisotopic (exact) mass is 287 g/mol. The molecule has 3 N–H and O–H groups in total. The van der Waals surface area contributed by atoms with Gasteiger partial charge in [-0.15, -0.1) is 0 Å². The van der Waals surface area contributed by atoms with E-state index in [1.165, 1.54) is 0 Å². The van der Waals surface area contributed by atoms with E-state index >= 15 is 0 Å². The highest BCUT2D eigenvalue weighted by molar-refractivity contribution is 7.89. The Morgan fingerprint density at radius 2 is 1.89 bits per heavy atom. The lowest BCUT2D eigenvalue weighted by Gasteiger charge is -2.09. The van der Waals surface area contributed by atoms with Crippen LogP contribution < -0.4 is 15.4 Å². The van der Waals surface area contributed by atoms with Crippen LogP contribution in [0.3, 0.4) is 0 Å². The fourth-order valence-electron chi connectivity index (χ4n) is 1.48. The van der Waals surface area contributed by atoms with Gasteiger partial charge in [-0.05, 0) is 0 Å². The van der Waals surface area contributed by atoms with Crippen LogP contribution in [0, 0.1) is 0 Å². The van der Waals surface area contributed by atoms with Crippen LogP contribution in [-0.4, -0.2) is 44.3 Å². The zero-order valence-corrected chi connectivity index (χ0v) is 12.3. The van der Waals surface area contributed by atoms with Gasteiger partial charge >= 0.3 is 0 Å². The van der Waals surface area contributed by atoms with Crippen LogP contribution in [0.25, 0.3) is 0 Å². The molecule has 0 spiro atoms. The molecular weight excluding hydrogens is 266 g/mol. The number of nitrogens with zero attached hydrogens (tertiary/aromatic N) is 2. The molecule has 0 radical (unpaired) electrons. The van der Waals surface area contributed by atoms with E-state index in [1.807, 2.05) is 6.92 Å². The van der Waals surface area contributed by atoms with Crippen LogP contribution in [0.5, 0.6) is 0 Å². The van der Waals surface area contributed by atoms with Crippen LogP contribution in [0.4, 0.5) is 11.6 Å². The van der Waals surface area contributed by atoms with Crippen LogP contribution in [-0.2, 0) is 16.4 Å². The first kappa shape index (κ1) is 15.6. The molecule has 1 heterocycles. The van der Waals surface area contributed by atoms with Gasteiger partial charge in [0.05, 0.1) is 5.75 Å². The first-order valence-electron chi connectivity index (χ1n) is 6.27. The standard InChI is InChI=1S/C11H21N5O2S/c1-4-9-15-10(12-3)8-11(16-9)13-6-7-19(17,18)14-5-2/h8,14H,4-7H2,1-3H3,(H2,12,13,15,16). The van der Waals surface area contributed by atoms with E-state index in [-0.39, 0.29) is 5.75 Å². The quantitative estimate of drug-likeness (QED) is 0.642. The molecule has 0 saturated carbocycles. The lowest BCUT2D eigenvalue weighted by atomic mass is 10.4. The molecule has 7 nitrogen and oxygen atoms in total. The number of hydrogen-bond donors (Lipinski definition) is 3. The fraction of sp³-hybridized carbons (Fsp3) is 0.636. The third-order valence-corrected chi connectivity index (χ3v) is 3.86. The first-order valence-corrected chi connectivity index (χ1v) is 7.93. The zero-order chi connectivity index (χ0) is 14.3. The van der Waals surface area contributed by atoms with Gasteiger partial charge in [-0.25, -0.2) is 23.1 Å². The van der Waals surface area contributed by atoms with Gasteiger partial charge in [0.2, 0.25) is 10.0 Å². The normalized spacial score (nSPS) is 11.3. The maximum atomic E-state index is 11.5. The predicted molar refractivity (Wildman–Crippen MR) is 76.9 cm³/mol. The minimum atomic E-state index is -3.20. The van der Waals surface area contributed by atoms with E-state index in [0.717, 1.165) is 6.42 Å². The van der Waals surface area contributed by atoms with Gasteiger partial charge in [0.15, 0.2) is 0 Å². The summed E-state index contributed by atoms with van der Waals surface area (Å²) in [5, 5.41) is 5.95. The predicted octanol–water partition coefficient (Wildman–Crippen LogP) is 0.432. The maximum Gasteiger partial charge on any atom is 0.213 e. The molecule has 0 bridgehead atoms. The average Bonchev–Trinajstić information content (AvgIpc) is 2.37. The van der Waals surface area contributed by atoms with Crippen molar-refractivity contribution < 1.29 is 8.42 Å². The lowest BCUT2D eigenvalue weighted by molar-refractivity contribution is 0.584. The average molecular weight is 287 g/mol. The Labute approximate surface area is 114 Å². The second-order valence-electron chi connectivity index (χ2n) is 3.90. The highest BCUT2D eigenvalue weighted by atomic mass is 32.2. The van der Waals surface area contributed by atoms with Gasteiger partial charge in [-0.3, -0.25) is 0 Å². The van der Waals surface area contributed by atoms with Gasteiger partial charge in [-0.2, -0.15) is 0 Å². The molecule has 0 aliphatic rings. The zero-order valence-electron chi connectivity index (χ0n) is 11.5. The Hall–Kier alpha value is -1.41. The summed E-state index contributed by atoms with van der Waals surface area (Å²) in [4.78, 5) is 8.55. The van der Waals surface area contributed by atoms with Gasteiger partial charge in [0.1, 0.15) is 17.5 Å². The lowest BCUT2D eigenvalue weighted by Crippen LogP contribution is -2.29. The van der Waals surface area contributed by atoms with Crippen molar-refractivity contribution in [3.8, 4) is 0 Å². The maximum absolute atomic E-state index is 11.5. The molecule has 8 heteroatoms. The van der Waals surface area contributed by atoms with E-state index in [4.69, 9.17) is 0 Å². The van der Waals surface area contributed by atoms with E-state index < -0.39 is 10.0 Å². The third kappa shape index (κ3) is 5.39. The topological polar surface area (TPSA) is 96.0 Å². The summed E-state index contributed by atoms with van der Waals surface area (Å²) >= 11 is 0. The molecule has 0 atom stereocenters. The summed E-state index contributed by atoms with van der Waals surface area (Å²) in [5.74, 6) is 2.07. The molecular formula is C11H21N5O2S. The number of nitrogens with one attached hydrogen (secondary N) is 3.